The van der Waals surface area contributed by atoms with Crippen molar-refractivity contribution in [2.45, 2.75) is 12.8 Å². The molecule has 2 heterocycles. The number of pyridine rings is 1. The lowest BCUT2D eigenvalue weighted by Gasteiger charge is -2.07. The van der Waals surface area contributed by atoms with Gasteiger partial charge in [-0.25, -0.2) is 0 Å². The highest BCUT2D eigenvalue weighted by molar-refractivity contribution is 6.39. The number of amides is 1. The lowest BCUT2D eigenvalue weighted by molar-refractivity contribution is -0.116. The standard InChI is InChI=1S/C16H13Cl2N5O2/c17-11-7-10(8-12(18)15(11)19)21-13(24)1-2-14-22-16(23-25-14)9-3-5-20-6-4-9/h3-8H,1-2,19H2,(H,21,24). The van der Waals surface area contributed by atoms with E-state index >= 15 is 0 Å². The minimum absolute atomic E-state index is 0.164. The molecule has 1 amide bonds. The molecule has 3 N–H and O–H groups in total. The van der Waals surface area contributed by atoms with Crippen LogP contribution in [0.1, 0.15) is 12.3 Å². The van der Waals surface area contributed by atoms with E-state index in [0.29, 0.717) is 23.8 Å². The first-order valence-electron chi connectivity index (χ1n) is 7.30. The SMILES string of the molecule is Nc1c(Cl)cc(NC(=O)CCc2nc(-c3ccncc3)no2)cc1Cl. The summed E-state index contributed by atoms with van der Waals surface area (Å²) in [5.74, 6) is 0.589. The molecule has 0 atom stereocenters. The van der Waals surface area contributed by atoms with Crippen molar-refractivity contribution < 1.29 is 9.32 Å². The maximum Gasteiger partial charge on any atom is 0.227 e. The van der Waals surface area contributed by atoms with Gasteiger partial charge in [0.05, 0.1) is 15.7 Å². The molecule has 3 rings (SSSR count). The predicted octanol–water partition coefficient (Wildman–Crippen LogP) is 3.59. The molecule has 0 fully saturated rings. The monoisotopic (exact) mass is 377 g/mol. The Hall–Kier alpha value is -2.64. The number of hydrogen-bond acceptors (Lipinski definition) is 6. The van der Waals surface area contributed by atoms with Gasteiger partial charge in [-0.2, -0.15) is 4.98 Å². The highest BCUT2D eigenvalue weighted by atomic mass is 35.5. The summed E-state index contributed by atoms with van der Waals surface area (Å²) in [6.07, 6.45) is 3.75. The van der Waals surface area contributed by atoms with Gasteiger partial charge in [0, 0.05) is 36.5 Å². The van der Waals surface area contributed by atoms with Crippen LogP contribution in [0.2, 0.25) is 10.0 Å². The van der Waals surface area contributed by atoms with Crippen LogP contribution in [0.3, 0.4) is 0 Å². The van der Waals surface area contributed by atoms with Crippen LogP contribution in [0.5, 0.6) is 0 Å². The number of carbonyl (C=O) groups is 1. The van der Waals surface area contributed by atoms with Crippen molar-refractivity contribution in [3.63, 3.8) is 0 Å². The molecule has 0 saturated carbocycles. The number of rotatable bonds is 5. The highest BCUT2D eigenvalue weighted by Gasteiger charge is 2.12. The number of nitrogens with two attached hydrogens (primary N) is 1. The van der Waals surface area contributed by atoms with Gasteiger partial charge in [0.2, 0.25) is 17.6 Å². The zero-order chi connectivity index (χ0) is 17.8. The van der Waals surface area contributed by atoms with Crippen molar-refractivity contribution in [2.24, 2.45) is 0 Å². The molecular formula is C16H13Cl2N5O2. The fourth-order valence-electron chi connectivity index (χ4n) is 2.08. The molecule has 0 aliphatic rings. The zero-order valence-corrected chi connectivity index (χ0v) is 14.4. The number of benzene rings is 1. The number of nitrogen functional groups attached to an aromatic ring is 1. The molecule has 128 valence electrons. The molecule has 0 unspecified atom stereocenters. The summed E-state index contributed by atoms with van der Waals surface area (Å²) < 4.78 is 5.15. The fraction of sp³-hybridized carbons (Fsp3) is 0.125. The minimum Gasteiger partial charge on any atom is -0.396 e. The van der Waals surface area contributed by atoms with E-state index in [0.717, 1.165) is 5.56 Å². The van der Waals surface area contributed by atoms with Gasteiger partial charge >= 0.3 is 0 Å². The Morgan fingerprint density at radius 3 is 2.56 bits per heavy atom. The summed E-state index contributed by atoms with van der Waals surface area (Å²) in [5.41, 5.74) is 7.19. The van der Waals surface area contributed by atoms with Gasteiger partial charge in [0.25, 0.3) is 0 Å². The Balaban J connectivity index is 1.59. The van der Waals surface area contributed by atoms with E-state index in [-0.39, 0.29) is 28.1 Å². The Morgan fingerprint density at radius 1 is 1.20 bits per heavy atom. The van der Waals surface area contributed by atoms with E-state index in [4.69, 9.17) is 33.5 Å². The van der Waals surface area contributed by atoms with E-state index in [1.807, 2.05) is 0 Å². The van der Waals surface area contributed by atoms with Crippen molar-refractivity contribution in [3.8, 4) is 11.4 Å². The van der Waals surface area contributed by atoms with Gasteiger partial charge in [-0.05, 0) is 24.3 Å². The van der Waals surface area contributed by atoms with Crippen molar-refractivity contribution in [2.75, 3.05) is 11.1 Å². The second-order valence-electron chi connectivity index (χ2n) is 5.15. The Kier molecular flexibility index (Phi) is 5.16. The number of nitrogens with zero attached hydrogens (tertiary/aromatic N) is 3. The molecule has 0 bridgehead atoms. The molecule has 1 aromatic carbocycles. The second-order valence-corrected chi connectivity index (χ2v) is 5.96. The summed E-state index contributed by atoms with van der Waals surface area (Å²) in [5, 5.41) is 7.14. The van der Waals surface area contributed by atoms with Crippen LogP contribution in [0.4, 0.5) is 11.4 Å². The fourth-order valence-corrected chi connectivity index (χ4v) is 2.56. The number of hydrogen-bond donors (Lipinski definition) is 2. The average molecular weight is 378 g/mol. The van der Waals surface area contributed by atoms with Gasteiger partial charge in [-0.15, -0.1) is 0 Å². The smallest absolute Gasteiger partial charge is 0.227 e. The molecule has 0 spiro atoms. The van der Waals surface area contributed by atoms with E-state index in [2.05, 4.69) is 20.4 Å². The van der Waals surface area contributed by atoms with Crippen molar-refractivity contribution in [3.05, 3.63) is 52.6 Å². The van der Waals surface area contributed by atoms with Gasteiger partial charge in [0.15, 0.2) is 0 Å². The molecule has 7 nitrogen and oxygen atoms in total. The van der Waals surface area contributed by atoms with Crippen LogP contribution in [0, 0.1) is 0 Å². The number of nitrogens with one attached hydrogen (secondary N) is 1. The molecule has 25 heavy (non-hydrogen) atoms. The van der Waals surface area contributed by atoms with E-state index < -0.39 is 0 Å². The first-order valence-corrected chi connectivity index (χ1v) is 8.06. The van der Waals surface area contributed by atoms with Crippen LogP contribution in [-0.2, 0) is 11.2 Å². The minimum atomic E-state index is -0.236. The topological polar surface area (TPSA) is 107 Å². The van der Waals surface area contributed by atoms with Crippen LogP contribution in [0.15, 0.2) is 41.2 Å². The third kappa shape index (κ3) is 4.26. The molecule has 0 radical (unpaired) electrons. The first kappa shape index (κ1) is 17.2. The third-order valence-corrected chi connectivity index (χ3v) is 3.96. The first-order chi connectivity index (χ1) is 12.0. The van der Waals surface area contributed by atoms with E-state index in [1.165, 1.54) is 12.1 Å². The van der Waals surface area contributed by atoms with Gasteiger partial charge in [-0.3, -0.25) is 9.78 Å². The van der Waals surface area contributed by atoms with Crippen LogP contribution >= 0.6 is 23.2 Å². The number of aryl methyl sites for hydroxylation is 1. The third-order valence-electron chi connectivity index (χ3n) is 3.34. The van der Waals surface area contributed by atoms with Gasteiger partial charge in [0.1, 0.15) is 0 Å². The lowest BCUT2D eigenvalue weighted by Crippen LogP contribution is -2.12. The van der Waals surface area contributed by atoms with Crippen molar-refractivity contribution in [1.82, 2.24) is 15.1 Å². The number of carbonyl (C=O) groups excluding carboxylic acids is 1. The van der Waals surface area contributed by atoms with Crippen molar-refractivity contribution >= 4 is 40.5 Å². The zero-order valence-electron chi connectivity index (χ0n) is 12.9. The summed E-state index contributed by atoms with van der Waals surface area (Å²) in [4.78, 5) is 20.2. The summed E-state index contributed by atoms with van der Waals surface area (Å²) in [7, 11) is 0. The van der Waals surface area contributed by atoms with E-state index in [9.17, 15) is 4.79 Å². The molecule has 0 saturated heterocycles. The summed E-state index contributed by atoms with van der Waals surface area (Å²) in [6.45, 7) is 0. The normalized spacial score (nSPS) is 10.6. The number of aromatic nitrogens is 3. The van der Waals surface area contributed by atoms with Crippen LogP contribution < -0.4 is 11.1 Å². The van der Waals surface area contributed by atoms with Gasteiger partial charge in [-0.1, -0.05) is 28.4 Å². The summed E-state index contributed by atoms with van der Waals surface area (Å²) >= 11 is 11.9. The molecule has 9 heteroatoms. The Bertz CT molecular complexity index is 876. The Morgan fingerprint density at radius 2 is 1.88 bits per heavy atom. The van der Waals surface area contributed by atoms with Crippen LogP contribution in [0.25, 0.3) is 11.4 Å². The number of halogens is 2. The molecule has 2 aromatic heterocycles. The maximum atomic E-state index is 12.0. The second kappa shape index (κ2) is 7.50. The Labute approximate surface area is 153 Å². The number of anilines is 2. The summed E-state index contributed by atoms with van der Waals surface area (Å²) in [6, 6.07) is 6.62. The molecule has 0 aliphatic heterocycles. The van der Waals surface area contributed by atoms with Crippen LogP contribution in [-0.4, -0.2) is 21.0 Å². The van der Waals surface area contributed by atoms with Gasteiger partial charge < -0.3 is 15.6 Å². The average Bonchev–Trinajstić information content (AvgIpc) is 3.08. The maximum absolute atomic E-state index is 12.0. The highest BCUT2D eigenvalue weighted by Crippen LogP contribution is 2.31. The quantitative estimate of drug-likeness (QED) is 0.657. The largest absolute Gasteiger partial charge is 0.396 e. The van der Waals surface area contributed by atoms with E-state index in [1.54, 1.807) is 24.5 Å². The predicted molar refractivity (Wildman–Crippen MR) is 95.4 cm³/mol. The lowest BCUT2D eigenvalue weighted by atomic mass is 10.2. The molecule has 3 aromatic rings. The molecule has 0 aliphatic carbocycles. The molecular weight excluding hydrogens is 365 g/mol. The van der Waals surface area contributed by atoms with Crippen molar-refractivity contribution in [1.29, 1.82) is 0 Å².